The fourth-order valence-corrected chi connectivity index (χ4v) is 8.44. The summed E-state index contributed by atoms with van der Waals surface area (Å²) in [5, 5.41) is 11.8. The van der Waals surface area contributed by atoms with Crippen LogP contribution in [0.4, 0.5) is 0 Å². The normalized spacial score (nSPS) is 13.6. The summed E-state index contributed by atoms with van der Waals surface area (Å²) in [5.41, 5.74) is 0. The topological polar surface area (TPSA) is 111 Å². The van der Waals surface area contributed by atoms with Crippen molar-refractivity contribution in [3.8, 4) is 0 Å². The second kappa shape index (κ2) is 61.5. The summed E-state index contributed by atoms with van der Waals surface area (Å²) in [6.45, 7) is 4.59. The predicted octanol–water partition coefficient (Wildman–Crippen LogP) is 18.5. The highest BCUT2D eigenvalue weighted by Gasteiger charge is 2.22. The fourth-order valence-electron chi connectivity index (χ4n) is 8.44. The standard InChI is InChI=1S/C72H119NO8/c1-6-8-10-12-14-16-18-20-22-24-26-28-29-30-31-32-33-34-35-36-37-38-39-40-41-43-45-47-49-51-53-55-57-59-61-63-70(75)81-68(67-80-72(71(76)77)78-65-64-73(3,4)5)66-79-69(74)62-60-58-56-54-52-50-48-46-44-42-27-25-23-21-19-17-15-13-11-9-7-2/h8,10,14,16,19-22,25-28,30-31,33-34,36-37,39-40,44,46,68,72H,6-7,9,11-13,15,17-18,23-24,29,32,35,38,41-43,45,47-67H2,1-5H3/b10-8-,16-14-,21-19-,22-20-,27-25-,28-26-,31-30-,34-33-,37-36-,40-39-,46-44-. The average molecular weight is 1130 g/mol. The Hall–Kier alpha value is -4.57. The molecule has 0 amide bonds. The minimum atomic E-state index is -1.63. The molecule has 0 aliphatic carbocycles. The number of quaternary nitrogens is 1. The second-order valence-corrected chi connectivity index (χ2v) is 22.3. The van der Waals surface area contributed by atoms with Gasteiger partial charge in [0.25, 0.3) is 0 Å². The van der Waals surface area contributed by atoms with Gasteiger partial charge in [0.05, 0.1) is 40.3 Å². The van der Waals surface area contributed by atoms with E-state index in [4.69, 9.17) is 18.9 Å². The number of hydrogen-bond acceptors (Lipinski definition) is 8. The van der Waals surface area contributed by atoms with Crippen LogP contribution in [-0.2, 0) is 33.3 Å². The SMILES string of the molecule is CC/C=C\C/C=C\C/C=C\C/C=C\C/C=C\C/C=C\C/C=C\C/C=C\CCCCCCCCCCCCC(=O)OC(COC(=O)CCCCCCCC/C=C\C/C=C\C/C=C\CCCCCCC)COC(OCC[N+](C)(C)C)C(=O)[O-]. The van der Waals surface area contributed by atoms with Crippen molar-refractivity contribution in [1.29, 1.82) is 0 Å². The van der Waals surface area contributed by atoms with Gasteiger partial charge in [-0.05, 0) is 116 Å². The second-order valence-electron chi connectivity index (χ2n) is 22.3. The third-order valence-corrected chi connectivity index (χ3v) is 13.4. The van der Waals surface area contributed by atoms with Crippen LogP contribution in [-0.4, -0.2) is 82.3 Å². The van der Waals surface area contributed by atoms with Crippen molar-refractivity contribution in [2.75, 3.05) is 47.5 Å². The molecule has 0 bridgehead atoms. The van der Waals surface area contributed by atoms with Gasteiger partial charge < -0.3 is 33.3 Å². The first-order chi connectivity index (χ1) is 39.6. The highest BCUT2D eigenvalue weighted by molar-refractivity contribution is 5.70. The van der Waals surface area contributed by atoms with E-state index in [1.807, 2.05) is 21.1 Å². The molecule has 2 unspecified atom stereocenters. The number of hydrogen-bond donors (Lipinski definition) is 0. The molecule has 0 rings (SSSR count). The minimum Gasteiger partial charge on any atom is -0.545 e. The van der Waals surface area contributed by atoms with Crippen molar-refractivity contribution in [1.82, 2.24) is 0 Å². The summed E-state index contributed by atoms with van der Waals surface area (Å²) < 4.78 is 22.7. The Kier molecular flexibility index (Phi) is 58.0. The van der Waals surface area contributed by atoms with Crippen molar-refractivity contribution in [2.24, 2.45) is 0 Å². The Morgan fingerprint density at radius 3 is 1.05 bits per heavy atom. The molecule has 81 heavy (non-hydrogen) atoms. The molecule has 0 radical (unpaired) electrons. The fraction of sp³-hybridized carbons (Fsp3) is 0.653. The van der Waals surface area contributed by atoms with E-state index in [2.05, 4.69) is 148 Å². The van der Waals surface area contributed by atoms with E-state index in [9.17, 15) is 19.5 Å². The summed E-state index contributed by atoms with van der Waals surface area (Å²) in [7, 11) is 5.91. The number of carbonyl (C=O) groups excluding carboxylic acids is 3. The van der Waals surface area contributed by atoms with Gasteiger partial charge in [0.2, 0.25) is 0 Å². The zero-order valence-corrected chi connectivity index (χ0v) is 52.4. The number of likely N-dealkylation sites (N-methyl/N-ethyl adjacent to an activating group) is 1. The zero-order chi connectivity index (χ0) is 59.1. The van der Waals surface area contributed by atoms with E-state index in [1.54, 1.807) is 0 Å². The van der Waals surface area contributed by atoms with Crippen LogP contribution >= 0.6 is 0 Å². The van der Waals surface area contributed by atoms with Crippen molar-refractivity contribution >= 4 is 17.9 Å². The largest absolute Gasteiger partial charge is 0.545 e. The molecule has 0 aromatic rings. The average Bonchev–Trinajstić information content (AvgIpc) is 3.44. The molecule has 0 heterocycles. The molecule has 0 aromatic heterocycles. The van der Waals surface area contributed by atoms with Crippen molar-refractivity contribution < 1.29 is 42.9 Å². The maximum atomic E-state index is 12.9. The van der Waals surface area contributed by atoms with Gasteiger partial charge in [-0.3, -0.25) is 9.59 Å². The number of allylic oxidation sites excluding steroid dienone is 22. The molecule has 0 aliphatic heterocycles. The predicted molar refractivity (Wildman–Crippen MR) is 343 cm³/mol. The van der Waals surface area contributed by atoms with Crippen LogP contribution in [0, 0.1) is 0 Å². The van der Waals surface area contributed by atoms with Crippen LogP contribution in [0.2, 0.25) is 0 Å². The molecular weight excluding hydrogens is 1010 g/mol. The Labute approximate surface area is 497 Å². The Bertz CT molecular complexity index is 1790. The first kappa shape index (κ1) is 76.4. The van der Waals surface area contributed by atoms with Crippen LogP contribution in [0.1, 0.15) is 245 Å². The molecule has 460 valence electrons. The monoisotopic (exact) mass is 1130 g/mol. The molecular formula is C72H119NO8. The highest BCUT2D eigenvalue weighted by Crippen LogP contribution is 2.15. The van der Waals surface area contributed by atoms with Crippen LogP contribution < -0.4 is 5.11 Å². The molecule has 9 nitrogen and oxygen atoms in total. The smallest absolute Gasteiger partial charge is 0.306 e. The van der Waals surface area contributed by atoms with Crippen molar-refractivity contribution in [2.45, 2.75) is 257 Å². The summed E-state index contributed by atoms with van der Waals surface area (Å²) in [5.74, 6) is -2.32. The Morgan fingerprint density at radius 1 is 0.383 bits per heavy atom. The van der Waals surface area contributed by atoms with E-state index in [0.717, 1.165) is 128 Å². The van der Waals surface area contributed by atoms with Crippen LogP contribution in [0.25, 0.3) is 0 Å². The minimum absolute atomic E-state index is 0.138. The molecule has 2 atom stereocenters. The first-order valence-electron chi connectivity index (χ1n) is 32.3. The number of carbonyl (C=O) groups is 3. The maximum absolute atomic E-state index is 12.9. The van der Waals surface area contributed by atoms with Gasteiger partial charge in [-0.1, -0.05) is 250 Å². The lowest BCUT2D eigenvalue weighted by Gasteiger charge is -2.26. The van der Waals surface area contributed by atoms with Gasteiger partial charge in [0.15, 0.2) is 12.4 Å². The van der Waals surface area contributed by atoms with Gasteiger partial charge in [-0.2, -0.15) is 0 Å². The van der Waals surface area contributed by atoms with Crippen molar-refractivity contribution in [3.63, 3.8) is 0 Å². The lowest BCUT2D eigenvalue weighted by molar-refractivity contribution is -0.870. The summed E-state index contributed by atoms with van der Waals surface area (Å²) in [4.78, 5) is 37.4. The lowest BCUT2D eigenvalue weighted by atomic mass is 10.0. The molecule has 0 saturated heterocycles. The summed E-state index contributed by atoms with van der Waals surface area (Å²) in [6.07, 6.45) is 85.1. The molecule has 0 spiro atoms. The number of ether oxygens (including phenoxy) is 4. The third-order valence-electron chi connectivity index (χ3n) is 13.4. The number of carboxylic acids is 1. The van der Waals surface area contributed by atoms with E-state index in [-0.39, 0.29) is 38.6 Å². The number of aliphatic carboxylic acids is 1. The molecule has 0 aromatic carbocycles. The van der Waals surface area contributed by atoms with Gasteiger partial charge >= 0.3 is 11.9 Å². The van der Waals surface area contributed by atoms with Gasteiger partial charge in [0, 0.05) is 12.8 Å². The van der Waals surface area contributed by atoms with E-state index in [0.29, 0.717) is 17.4 Å². The molecule has 9 heteroatoms. The molecule has 0 fully saturated rings. The van der Waals surface area contributed by atoms with E-state index in [1.165, 1.54) is 83.5 Å². The molecule has 0 aliphatic rings. The van der Waals surface area contributed by atoms with Crippen LogP contribution in [0.5, 0.6) is 0 Å². The Morgan fingerprint density at radius 2 is 0.704 bits per heavy atom. The maximum Gasteiger partial charge on any atom is 0.306 e. The third kappa shape index (κ3) is 62.9. The zero-order valence-electron chi connectivity index (χ0n) is 52.4. The highest BCUT2D eigenvalue weighted by atomic mass is 16.7. The number of rotatable bonds is 58. The van der Waals surface area contributed by atoms with Gasteiger partial charge in [-0.15, -0.1) is 0 Å². The number of esters is 2. The molecule has 0 N–H and O–H groups in total. The van der Waals surface area contributed by atoms with Crippen LogP contribution in [0.15, 0.2) is 134 Å². The number of nitrogens with zero attached hydrogens (tertiary/aromatic N) is 1. The summed E-state index contributed by atoms with van der Waals surface area (Å²) in [6, 6.07) is 0. The quantitative estimate of drug-likeness (QED) is 0.0195. The molecule has 0 saturated carbocycles. The van der Waals surface area contributed by atoms with E-state index >= 15 is 0 Å². The Balaban J connectivity index is 4.23. The van der Waals surface area contributed by atoms with Crippen LogP contribution in [0.3, 0.4) is 0 Å². The van der Waals surface area contributed by atoms with Gasteiger partial charge in [-0.25, -0.2) is 0 Å². The summed E-state index contributed by atoms with van der Waals surface area (Å²) >= 11 is 0. The van der Waals surface area contributed by atoms with E-state index < -0.39 is 24.3 Å². The first-order valence-corrected chi connectivity index (χ1v) is 32.3. The number of carboxylic acid groups (broad SMARTS) is 1. The van der Waals surface area contributed by atoms with Gasteiger partial charge in [0.1, 0.15) is 13.2 Å². The lowest BCUT2D eigenvalue weighted by Crippen LogP contribution is -2.44. The van der Waals surface area contributed by atoms with Crippen molar-refractivity contribution in [3.05, 3.63) is 134 Å². The number of unbranched alkanes of at least 4 members (excludes halogenated alkanes) is 21.